The molecule has 6 N–H and O–H groups in total. The zero-order valence-corrected chi connectivity index (χ0v) is 28.4. The molecular weight excluding hydrogens is 600 g/mol. The van der Waals surface area contributed by atoms with Crippen molar-refractivity contribution in [2.45, 2.75) is 117 Å². The molecule has 12 nitrogen and oxygen atoms in total. The number of benzene rings is 1. The van der Waals surface area contributed by atoms with E-state index in [1.807, 2.05) is 37.3 Å². The smallest absolute Gasteiger partial charge is 0.315 e. The lowest BCUT2D eigenvalue weighted by atomic mass is 9.80. The zero-order valence-electron chi connectivity index (χ0n) is 28.4. The third kappa shape index (κ3) is 12.0. The van der Waals surface area contributed by atoms with Gasteiger partial charge in [0.25, 0.3) is 5.91 Å². The monoisotopic (exact) mass is 654 g/mol. The van der Waals surface area contributed by atoms with Crippen LogP contribution >= 0.6 is 0 Å². The second kappa shape index (κ2) is 17.8. The minimum absolute atomic E-state index is 0.00983. The molecule has 1 aromatic rings. The molecule has 0 radical (unpaired) electrons. The Morgan fingerprint density at radius 2 is 1.51 bits per heavy atom. The normalized spacial score (nSPS) is 20.5. The maximum atomic E-state index is 13.8. The van der Waals surface area contributed by atoms with Crippen LogP contribution in [0.4, 0.5) is 4.79 Å². The highest BCUT2D eigenvalue weighted by Crippen LogP contribution is 2.32. The molecular formula is C35H54N6O6. The van der Waals surface area contributed by atoms with Gasteiger partial charge in [0, 0.05) is 13.1 Å². The van der Waals surface area contributed by atoms with Gasteiger partial charge in [-0.1, -0.05) is 109 Å². The summed E-state index contributed by atoms with van der Waals surface area (Å²) >= 11 is 0. The van der Waals surface area contributed by atoms with E-state index in [0.717, 1.165) is 24.8 Å². The predicted molar refractivity (Wildman–Crippen MR) is 179 cm³/mol. The van der Waals surface area contributed by atoms with Gasteiger partial charge in [-0.15, -0.1) is 0 Å². The summed E-state index contributed by atoms with van der Waals surface area (Å²) in [5.74, 6) is -3.11. The average Bonchev–Trinajstić information content (AvgIpc) is 3.72. The van der Waals surface area contributed by atoms with E-state index in [0.29, 0.717) is 19.4 Å². The Bertz CT molecular complexity index is 1230. The van der Waals surface area contributed by atoms with Gasteiger partial charge in [-0.25, -0.2) is 4.79 Å². The van der Waals surface area contributed by atoms with Gasteiger partial charge in [-0.05, 0) is 35.7 Å². The van der Waals surface area contributed by atoms with Crippen LogP contribution in [0.15, 0.2) is 30.3 Å². The number of nitrogens with zero attached hydrogens (tertiary/aromatic N) is 1. The van der Waals surface area contributed by atoms with Crippen LogP contribution in [0.2, 0.25) is 0 Å². The van der Waals surface area contributed by atoms with Gasteiger partial charge >= 0.3 is 6.03 Å². The second-order valence-electron chi connectivity index (χ2n) is 14.3. The number of carbonyl (C=O) groups excluding carboxylic acids is 6. The molecule has 3 aliphatic rings. The highest BCUT2D eigenvalue weighted by molar-refractivity contribution is 6.37. The van der Waals surface area contributed by atoms with Gasteiger partial charge in [0.2, 0.25) is 23.5 Å². The lowest BCUT2D eigenvalue weighted by Gasteiger charge is -2.36. The van der Waals surface area contributed by atoms with Crippen LogP contribution in [0.3, 0.4) is 0 Å². The highest BCUT2D eigenvalue weighted by Gasteiger charge is 2.45. The highest BCUT2D eigenvalue weighted by atomic mass is 16.2. The standard InChI is InChI=1S/C30H44N6O6.C5H10/c1-18-13-22(27(40)34-21(24(38)26(31)39)14-19-11-8-12-19)36(17-18)28(41)25(30(2,3)4)35-29(42)33-16-23(37)32-15-20-9-6-5-7-10-20;1-2-4-5-3-1/h5-7,9-10,18-19,21-22,25H,8,11-17H2,1-4H3,(H2,31,39)(H,32,37)(H,34,40)(H2,33,35,42);1-5H2. The van der Waals surface area contributed by atoms with Crippen molar-refractivity contribution in [1.29, 1.82) is 0 Å². The molecule has 12 heteroatoms. The minimum Gasteiger partial charge on any atom is -0.363 e. The Morgan fingerprint density at radius 1 is 0.894 bits per heavy atom. The number of nitrogens with one attached hydrogen (secondary N) is 4. The Balaban J connectivity index is 0.00000109. The summed E-state index contributed by atoms with van der Waals surface area (Å²) < 4.78 is 0. The average molecular weight is 655 g/mol. The number of carbonyl (C=O) groups is 6. The van der Waals surface area contributed by atoms with E-state index in [2.05, 4.69) is 21.3 Å². The number of Topliss-reactive ketones (excluding diaryl/α,β-unsaturated/α-hetero) is 1. The maximum absolute atomic E-state index is 13.8. The molecule has 4 rings (SSSR count). The lowest BCUT2D eigenvalue weighted by Crippen LogP contribution is -2.60. The number of hydrogen-bond acceptors (Lipinski definition) is 6. The third-order valence-corrected chi connectivity index (χ3v) is 9.15. The van der Waals surface area contributed by atoms with Gasteiger partial charge in [0.15, 0.2) is 0 Å². The summed E-state index contributed by atoms with van der Waals surface area (Å²) in [5.41, 5.74) is 5.43. The minimum atomic E-state index is -1.11. The van der Waals surface area contributed by atoms with E-state index in [9.17, 15) is 28.8 Å². The number of nitrogens with two attached hydrogens (primary N) is 1. The Labute approximate surface area is 278 Å². The molecule has 0 spiro atoms. The number of amides is 6. The van der Waals surface area contributed by atoms with E-state index in [4.69, 9.17) is 5.73 Å². The fraction of sp³-hybridized carbons (Fsp3) is 0.657. The van der Waals surface area contributed by atoms with E-state index in [-0.39, 0.29) is 30.8 Å². The molecule has 0 bridgehead atoms. The summed E-state index contributed by atoms with van der Waals surface area (Å²) in [4.78, 5) is 77.8. The molecule has 1 aromatic carbocycles. The van der Waals surface area contributed by atoms with Crippen molar-refractivity contribution in [1.82, 2.24) is 26.2 Å². The van der Waals surface area contributed by atoms with E-state index in [1.54, 1.807) is 20.8 Å². The molecule has 3 fully saturated rings. The van der Waals surface area contributed by atoms with Crippen molar-refractivity contribution in [3.63, 3.8) is 0 Å². The van der Waals surface area contributed by atoms with Crippen molar-refractivity contribution in [2.24, 2.45) is 23.0 Å². The molecule has 1 saturated heterocycles. The molecule has 1 heterocycles. The Kier molecular flexibility index (Phi) is 14.2. The van der Waals surface area contributed by atoms with Crippen LogP contribution in [-0.2, 0) is 30.5 Å². The summed E-state index contributed by atoms with van der Waals surface area (Å²) in [7, 11) is 0. The molecule has 4 atom stereocenters. The fourth-order valence-electron chi connectivity index (χ4n) is 6.17. The number of urea groups is 1. The lowest BCUT2D eigenvalue weighted by molar-refractivity contribution is -0.143. The number of primary amides is 1. The summed E-state index contributed by atoms with van der Waals surface area (Å²) in [5, 5.41) is 10.6. The van der Waals surface area contributed by atoms with Gasteiger partial charge < -0.3 is 31.9 Å². The van der Waals surface area contributed by atoms with Crippen LogP contribution in [0.25, 0.3) is 0 Å². The summed E-state index contributed by atoms with van der Waals surface area (Å²) in [6.45, 7) is 7.59. The maximum Gasteiger partial charge on any atom is 0.315 e. The summed E-state index contributed by atoms with van der Waals surface area (Å²) in [6.07, 6.45) is 11.1. The van der Waals surface area contributed by atoms with E-state index >= 15 is 0 Å². The first-order valence-corrected chi connectivity index (χ1v) is 17.1. The number of ketones is 1. The van der Waals surface area contributed by atoms with Crippen LogP contribution in [0.5, 0.6) is 0 Å². The molecule has 47 heavy (non-hydrogen) atoms. The first-order chi connectivity index (χ1) is 22.3. The van der Waals surface area contributed by atoms with Crippen LogP contribution in [-0.4, -0.2) is 71.6 Å². The van der Waals surface area contributed by atoms with Crippen molar-refractivity contribution in [3.05, 3.63) is 35.9 Å². The quantitative estimate of drug-likeness (QED) is 0.216. The van der Waals surface area contributed by atoms with Crippen LogP contribution in [0.1, 0.15) is 97.5 Å². The number of likely N-dealkylation sites (tertiary alicyclic amines) is 1. The van der Waals surface area contributed by atoms with E-state index < -0.39 is 53.1 Å². The summed E-state index contributed by atoms with van der Waals surface area (Å²) in [6, 6.07) is 5.72. The van der Waals surface area contributed by atoms with Gasteiger partial charge in [0.1, 0.15) is 12.1 Å². The largest absolute Gasteiger partial charge is 0.363 e. The molecule has 2 aliphatic carbocycles. The molecule has 1 aliphatic heterocycles. The number of rotatable bonds is 12. The SMILES string of the molecule is C1CCCC1.CC1CC(C(=O)NC(CC2CCC2)C(=O)C(N)=O)N(C(=O)C(NC(=O)NCC(=O)NCc2ccccc2)C(C)(C)C)C1. The first kappa shape index (κ1) is 37.5. The zero-order chi connectivity index (χ0) is 34.6. The van der Waals surface area contributed by atoms with Crippen LogP contribution in [0, 0.1) is 17.3 Å². The van der Waals surface area contributed by atoms with Crippen molar-refractivity contribution in [3.8, 4) is 0 Å². The van der Waals surface area contributed by atoms with Gasteiger partial charge in [-0.3, -0.25) is 24.0 Å². The van der Waals surface area contributed by atoms with Crippen molar-refractivity contribution < 1.29 is 28.8 Å². The fourth-order valence-corrected chi connectivity index (χ4v) is 6.17. The van der Waals surface area contributed by atoms with Crippen molar-refractivity contribution >= 4 is 35.4 Å². The molecule has 4 unspecified atom stereocenters. The van der Waals surface area contributed by atoms with Gasteiger partial charge in [-0.2, -0.15) is 0 Å². The van der Waals surface area contributed by atoms with Crippen LogP contribution < -0.4 is 27.0 Å². The Hall–Kier alpha value is -3.96. The number of hydrogen-bond donors (Lipinski definition) is 5. The van der Waals surface area contributed by atoms with Crippen molar-refractivity contribution in [2.75, 3.05) is 13.1 Å². The third-order valence-electron chi connectivity index (χ3n) is 9.15. The van der Waals surface area contributed by atoms with Gasteiger partial charge in [0.05, 0.1) is 12.6 Å². The predicted octanol–water partition coefficient (Wildman–Crippen LogP) is 2.93. The molecule has 0 aromatic heterocycles. The first-order valence-electron chi connectivity index (χ1n) is 17.1. The molecule has 2 saturated carbocycles. The van der Waals surface area contributed by atoms with E-state index in [1.165, 1.54) is 37.0 Å². The topological polar surface area (TPSA) is 180 Å². The Morgan fingerprint density at radius 3 is 2.04 bits per heavy atom. The molecule has 6 amide bonds. The second-order valence-corrected chi connectivity index (χ2v) is 14.3. The molecule has 260 valence electrons.